The summed E-state index contributed by atoms with van der Waals surface area (Å²) >= 11 is 0. The number of nitrogens with zero attached hydrogens (tertiary/aromatic N) is 2. The molecule has 0 aliphatic heterocycles. The van der Waals surface area contributed by atoms with E-state index in [1.807, 2.05) is 6.92 Å². The Labute approximate surface area is 388 Å². The first-order chi connectivity index (χ1) is 32.7. The van der Waals surface area contributed by atoms with E-state index in [-0.39, 0.29) is 28.4 Å². The Bertz CT molecular complexity index is 2930. The van der Waals surface area contributed by atoms with Crippen molar-refractivity contribution in [2.24, 2.45) is 0 Å². The number of aromatic hydroxyl groups is 3. The maximum atomic E-state index is 14.3. The summed E-state index contributed by atoms with van der Waals surface area (Å²) in [6, 6.07) is 18.3. The number of amides is 5. The third-order valence-corrected chi connectivity index (χ3v) is 9.48. The van der Waals surface area contributed by atoms with E-state index in [1.54, 1.807) is 31.3 Å². The summed E-state index contributed by atoms with van der Waals surface area (Å²) in [6.07, 6.45) is -1.85. The number of hydrogen-bond donors (Lipinski definition) is 10. The third kappa shape index (κ3) is 13.1. The number of aromatic carboxylic acids is 1. The molecule has 0 bridgehead atoms. The lowest BCUT2D eigenvalue weighted by Gasteiger charge is -2.18. The van der Waals surface area contributed by atoms with Crippen molar-refractivity contribution < 1.29 is 71.8 Å². The van der Waals surface area contributed by atoms with Gasteiger partial charge in [0.2, 0.25) is 5.91 Å². The molecule has 0 saturated carbocycles. The predicted molar refractivity (Wildman–Crippen MR) is 243 cm³/mol. The quantitative estimate of drug-likeness (QED) is 0.0517. The van der Waals surface area contributed by atoms with Crippen LogP contribution in [0, 0.1) is 6.92 Å². The maximum absolute atomic E-state index is 14.3. The van der Waals surface area contributed by atoms with Crippen LogP contribution in [0.2, 0.25) is 0 Å². The Morgan fingerprint density at radius 3 is 1.77 bits per heavy atom. The fraction of sp³-hybridized carbons (Fsp3) is 0.130. The number of carbonyl (C=O) groups is 6. The highest BCUT2D eigenvalue weighted by molar-refractivity contribution is 6.11. The minimum Gasteiger partial charge on any atom is -0.508 e. The summed E-state index contributed by atoms with van der Waals surface area (Å²) in [5, 5.41) is 61.3. The molecule has 0 saturated heterocycles. The lowest BCUT2D eigenvalue weighted by Crippen LogP contribution is -2.33. The number of nitrogens with one attached hydrogen (secondary N) is 6. The van der Waals surface area contributed by atoms with Crippen LogP contribution in [0.3, 0.4) is 0 Å². The highest BCUT2D eigenvalue weighted by Crippen LogP contribution is 2.41. The molecule has 0 fully saturated rings. The number of anilines is 4. The second-order valence-corrected chi connectivity index (χ2v) is 14.3. The van der Waals surface area contributed by atoms with Crippen LogP contribution < -0.4 is 36.1 Å². The van der Waals surface area contributed by atoms with Gasteiger partial charge in [-0.2, -0.15) is 28.6 Å². The number of aromatic nitrogens is 3. The second-order valence-electron chi connectivity index (χ2n) is 14.3. The minimum absolute atomic E-state index is 0.0771. The van der Waals surface area contributed by atoms with Gasteiger partial charge in [0.25, 0.3) is 23.6 Å². The molecule has 0 spiro atoms. The summed E-state index contributed by atoms with van der Waals surface area (Å²) < 4.78 is 53.0. The largest absolute Gasteiger partial charge is 0.508 e. The van der Waals surface area contributed by atoms with Gasteiger partial charge in [0, 0.05) is 22.5 Å². The molecule has 0 aliphatic rings. The number of rotatable bonds is 14. The number of hydrogen-bond acceptors (Lipinski definition) is 13. The van der Waals surface area contributed by atoms with Crippen LogP contribution >= 0.6 is 0 Å². The van der Waals surface area contributed by atoms with Gasteiger partial charge in [0.1, 0.15) is 11.3 Å². The minimum atomic E-state index is -5.12. The van der Waals surface area contributed by atoms with Crippen molar-refractivity contribution in [3.05, 3.63) is 142 Å². The zero-order chi connectivity index (χ0) is 50.6. The van der Waals surface area contributed by atoms with Crippen molar-refractivity contribution in [1.82, 2.24) is 20.7 Å². The molecule has 0 radical (unpaired) electrons. The molecule has 1 heterocycles. The van der Waals surface area contributed by atoms with Crippen LogP contribution in [0.5, 0.6) is 28.7 Å². The van der Waals surface area contributed by atoms with Crippen molar-refractivity contribution in [2.45, 2.75) is 20.0 Å². The first-order valence-corrected chi connectivity index (χ1v) is 19.9. The Morgan fingerprint density at radius 1 is 0.696 bits per heavy atom. The molecule has 6 rings (SSSR count). The summed E-state index contributed by atoms with van der Waals surface area (Å²) in [5.74, 6) is -8.39. The molecule has 0 atom stereocenters. The van der Waals surface area contributed by atoms with E-state index in [2.05, 4.69) is 42.0 Å². The summed E-state index contributed by atoms with van der Waals surface area (Å²) in [6.45, 7) is 2.81. The van der Waals surface area contributed by atoms with E-state index in [1.165, 1.54) is 36.4 Å². The topological polar surface area (TPSA) is 304 Å². The second kappa shape index (κ2) is 22.2. The monoisotopic (exact) mass is 954 g/mol. The van der Waals surface area contributed by atoms with Gasteiger partial charge in [-0.1, -0.05) is 12.1 Å². The SMILES string of the molecule is COc1c(NC(=O)c2ccc(NC(=O)c3ccc(NC(=O)CNC(=O)c4ccc(NC(=O)/C(C)=C/c5ccc(O)cc5)cc4)cc3C(F)(F)F)c(OC)c2O)ccc(C(=O)O)c1O.Cc1cn[nH]n1. The Balaban J connectivity index is 0.00000137. The van der Waals surface area contributed by atoms with Crippen LogP contribution in [0.1, 0.15) is 65.2 Å². The number of halogens is 3. The van der Waals surface area contributed by atoms with Crippen molar-refractivity contribution in [1.29, 1.82) is 0 Å². The molecule has 20 nitrogen and oxygen atoms in total. The van der Waals surface area contributed by atoms with Gasteiger partial charge in [-0.3, -0.25) is 24.0 Å². The number of H-pyrrole nitrogens is 1. The van der Waals surface area contributed by atoms with Crippen molar-refractivity contribution in [3.63, 3.8) is 0 Å². The number of methoxy groups -OCH3 is 2. The summed E-state index contributed by atoms with van der Waals surface area (Å²) in [7, 11) is 2.14. The molecule has 23 heteroatoms. The molecule has 6 aromatic rings. The van der Waals surface area contributed by atoms with Crippen LogP contribution in [-0.4, -0.2) is 92.1 Å². The fourth-order valence-electron chi connectivity index (χ4n) is 6.09. The van der Waals surface area contributed by atoms with E-state index in [0.717, 1.165) is 56.3 Å². The number of carboxylic acids is 1. The lowest BCUT2D eigenvalue weighted by atomic mass is 10.0. The molecule has 0 unspecified atom stereocenters. The standard InChI is InChI=1S/C43H36F3N5O12.C3H5N3/c1-21(18-22-4-11-26(52)12-5-22)38(56)49-24-8-6-23(7-9-24)39(57)47-20-33(53)48-25-10-13-27(30(19-25)43(44,45)46)40(58)50-31-16-14-28(34(54)36(31)62-2)41(59)51-32-17-15-29(42(60)61)35(55)37(32)63-3;1-3-2-4-6-5-3/h4-19,52,54-55H,20H2,1-3H3,(H,47,57)(H,48,53)(H,49,56)(H,50,58)(H,51,59)(H,60,61);2H,1H3,(H,4,5,6)/b21-18+;. The number of carbonyl (C=O) groups excluding carboxylic acids is 5. The Kier molecular flexibility index (Phi) is 16.3. The third-order valence-electron chi connectivity index (χ3n) is 9.48. The lowest BCUT2D eigenvalue weighted by molar-refractivity contribution is -0.138. The number of carboxylic acid groups (broad SMARTS) is 1. The van der Waals surface area contributed by atoms with Gasteiger partial charge < -0.3 is 56.5 Å². The van der Waals surface area contributed by atoms with E-state index in [4.69, 9.17) is 9.47 Å². The summed E-state index contributed by atoms with van der Waals surface area (Å²) in [4.78, 5) is 75.7. The predicted octanol–water partition coefficient (Wildman–Crippen LogP) is 6.57. The molecule has 10 N–H and O–H groups in total. The number of alkyl halides is 3. The van der Waals surface area contributed by atoms with E-state index < -0.39 is 93.5 Å². The Hall–Kier alpha value is -9.41. The number of aryl methyl sites for hydroxylation is 1. The average Bonchev–Trinajstić information content (AvgIpc) is 3.79. The van der Waals surface area contributed by atoms with E-state index in [9.17, 15) is 62.4 Å². The molecule has 0 aliphatic carbocycles. The number of phenols is 3. The van der Waals surface area contributed by atoms with E-state index in [0.29, 0.717) is 22.9 Å². The van der Waals surface area contributed by atoms with Gasteiger partial charge in [-0.05, 0) is 104 Å². The summed E-state index contributed by atoms with van der Waals surface area (Å²) in [5.41, 5.74) is -1.85. The fourth-order valence-corrected chi connectivity index (χ4v) is 6.09. The van der Waals surface area contributed by atoms with Gasteiger partial charge in [0.15, 0.2) is 23.0 Å². The molecular weight excluding hydrogens is 914 g/mol. The molecular formula is C46H41F3N8O12. The van der Waals surface area contributed by atoms with Gasteiger partial charge in [0.05, 0.1) is 60.7 Å². The van der Waals surface area contributed by atoms with E-state index >= 15 is 0 Å². The molecule has 1 aromatic heterocycles. The van der Waals surface area contributed by atoms with Crippen LogP contribution in [0.4, 0.5) is 35.9 Å². The van der Waals surface area contributed by atoms with Gasteiger partial charge in [-0.25, -0.2) is 4.79 Å². The van der Waals surface area contributed by atoms with Crippen molar-refractivity contribution in [2.75, 3.05) is 42.0 Å². The van der Waals surface area contributed by atoms with Crippen LogP contribution in [0.15, 0.2) is 103 Å². The molecule has 5 aromatic carbocycles. The van der Waals surface area contributed by atoms with Crippen LogP contribution in [-0.2, 0) is 15.8 Å². The normalized spacial score (nSPS) is 11.0. The first kappa shape index (κ1) is 50.6. The number of benzene rings is 5. The molecule has 69 heavy (non-hydrogen) atoms. The zero-order valence-electron chi connectivity index (χ0n) is 36.6. The number of phenolic OH excluding ortho intramolecular Hbond substituents is 2. The highest BCUT2D eigenvalue weighted by Gasteiger charge is 2.36. The van der Waals surface area contributed by atoms with Crippen molar-refractivity contribution >= 4 is 64.3 Å². The number of aromatic amines is 1. The average molecular weight is 955 g/mol. The highest BCUT2D eigenvalue weighted by atomic mass is 19.4. The molecule has 5 amide bonds. The first-order valence-electron chi connectivity index (χ1n) is 19.9. The van der Waals surface area contributed by atoms with Crippen molar-refractivity contribution in [3.8, 4) is 28.7 Å². The zero-order valence-corrected chi connectivity index (χ0v) is 36.6. The maximum Gasteiger partial charge on any atom is 0.417 e. The Morgan fingerprint density at radius 2 is 1.25 bits per heavy atom. The molecule has 358 valence electrons. The van der Waals surface area contributed by atoms with Gasteiger partial charge in [-0.15, -0.1) is 0 Å². The smallest absolute Gasteiger partial charge is 0.417 e. The van der Waals surface area contributed by atoms with Crippen LogP contribution in [0.25, 0.3) is 6.08 Å². The number of ether oxygens (including phenoxy) is 2. The van der Waals surface area contributed by atoms with Gasteiger partial charge >= 0.3 is 12.1 Å².